The number of unbranched alkanes of at least 4 members (excludes halogenated alkanes) is 1. The number of nitrogens with zero attached hydrogens (tertiary/aromatic N) is 8. The lowest BCUT2D eigenvalue weighted by Gasteiger charge is -2.24. The van der Waals surface area contributed by atoms with E-state index in [4.69, 9.17) is 19.9 Å². The first-order valence-corrected chi connectivity index (χ1v) is 15.0. The largest absolute Gasteiger partial charge is 0.335 e. The van der Waals surface area contributed by atoms with Crippen molar-refractivity contribution in [1.82, 2.24) is 19.9 Å². The molecule has 0 amide bonds. The highest BCUT2D eigenvalue weighted by Crippen LogP contribution is 2.39. The summed E-state index contributed by atoms with van der Waals surface area (Å²) in [6, 6.07) is 17.7. The van der Waals surface area contributed by atoms with Crippen LogP contribution in [-0.2, 0) is 10.8 Å². The first kappa shape index (κ1) is 27.9. The van der Waals surface area contributed by atoms with Crippen LogP contribution >= 0.6 is 0 Å². The second-order valence-electron chi connectivity index (χ2n) is 13.4. The Kier molecular flexibility index (Phi) is 7.25. The lowest BCUT2D eigenvalue weighted by atomic mass is 9.87. The Morgan fingerprint density at radius 1 is 0.500 bits per heavy atom. The summed E-state index contributed by atoms with van der Waals surface area (Å²) in [4.78, 5) is 28.1. The van der Waals surface area contributed by atoms with Gasteiger partial charge in [0.2, 0.25) is 0 Å². The number of benzene rings is 2. The summed E-state index contributed by atoms with van der Waals surface area (Å²) in [5, 5.41) is 0. The number of hydrogen-bond donors (Lipinski definition) is 0. The summed E-state index contributed by atoms with van der Waals surface area (Å²) in [6.45, 7) is 16.8. The van der Waals surface area contributed by atoms with Gasteiger partial charge in [0.25, 0.3) is 0 Å². The number of hydrogen-bond acceptors (Lipinski definition) is 8. The van der Waals surface area contributed by atoms with Gasteiger partial charge in [-0.2, -0.15) is 0 Å². The minimum absolute atomic E-state index is 0.128. The van der Waals surface area contributed by atoms with E-state index in [0.717, 1.165) is 73.9 Å². The van der Waals surface area contributed by atoms with Crippen molar-refractivity contribution in [1.29, 1.82) is 0 Å². The van der Waals surface area contributed by atoms with Gasteiger partial charge in [-0.1, -0.05) is 65.8 Å². The van der Waals surface area contributed by atoms with E-state index in [1.807, 2.05) is 0 Å². The SMILES string of the molecule is CC(C)(C)c1ccc(N2CN(CCCCN3CN(c4ccc(C(C)(C)C)cc4)c4nccnc43)c3nccnc32)cc1. The lowest BCUT2D eigenvalue weighted by Crippen LogP contribution is -2.31. The Bertz CT molecular complexity index is 1400. The summed E-state index contributed by atoms with van der Waals surface area (Å²) in [7, 11) is 0. The Morgan fingerprint density at radius 2 is 0.833 bits per heavy atom. The molecule has 4 aromatic rings. The van der Waals surface area contributed by atoms with Gasteiger partial charge >= 0.3 is 0 Å². The first-order chi connectivity index (χ1) is 20.1. The van der Waals surface area contributed by atoms with Crippen LogP contribution < -0.4 is 19.6 Å². The second-order valence-corrected chi connectivity index (χ2v) is 13.4. The molecule has 2 aliphatic rings. The zero-order valence-electron chi connectivity index (χ0n) is 25.7. The Balaban J connectivity index is 1.09. The van der Waals surface area contributed by atoms with Crippen LogP contribution in [0.4, 0.5) is 34.6 Å². The molecule has 2 aromatic heterocycles. The van der Waals surface area contributed by atoms with Crippen LogP contribution in [0.1, 0.15) is 65.5 Å². The lowest BCUT2D eigenvalue weighted by molar-refractivity contribution is 0.590. The van der Waals surface area contributed by atoms with Gasteiger partial charge in [0.1, 0.15) is 0 Å². The van der Waals surface area contributed by atoms with E-state index in [9.17, 15) is 0 Å². The highest BCUT2D eigenvalue weighted by Gasteiger charge is 2.31. The predicted molar refractivity (Wildman–Crippen MR) is 172 cm³/mol. The molecule has 0 unspecified atom stereocenters. The fourth-order valence-corrected chi connectivity index (χ4v) is 5.73. The van der Waals surface area contributed by atoms with E-state index in [1.165, 1.54) is 11.1 Å². The van der Waals surface area contributed by atoms with Gasteiger partial charge in [-0.05, 0) is 59.1 Å². The molecule has 0 radical (unpaired) electrons. The molecule has 0 fully saturated rings. The van der Waals surface area contributed by atoms with Crippen molar-refractivity contribution in [3.63, 3.8) is 0 Å². The smallest absolute Gasteiger partial charge is 0.178 e. The molecule has 6 rings (SSSR count). The molecule has 0 N–H and O–H groups in total. The highest BCUT2D eigenvalue weighted by atomic mass is 15.4. The molecule has 0 saturated heterocycles. The van der Waals surface area contributed by atoms with Crippen molar-refractivity contribution in [2.75, 3.05) is 46.0 Å². The zero-order chi connectivity index (χ0) is 29.5. The zero-order valence-corrected chi connectivity index (χ0v) is 25.7. The third-order valence-corrected chi connectivity index (χ3v) is 8.25. The molecule has 0 spiro atoms. The number of fused-ring (bicyclic) bond motifs is 2. The average molecular weight is 563 g/mol. The Labute approximate surface area is 250 Å². The van der Waals surface area contributed by atoms with Gasteiger partial charge in [-0.15, -0.1) is 0 Å². The Hall–Kier alpha value is -4.20. The Morgan fingerprint density at radius 3 is 1.17 bits per heavy atom. The normalized spacial score (nSPS) is 14.9. The van der Waals surface area contributed by atoms with Crippen molar-refractivity contribution in [3.05, 3.63) is 84.4 Å². The fraction of sp³-hybridized carbons (Fsp3) is 0.412. The van der Waals surface area contributed by atoms with Crippen LogP contribution in [0.25, 0.3) is 0 Å². The molecule has 0 saturated carbocycles. The van der Waals surface area contributed by atoms with E-state index >= 15 is 0 Å². The molecule has 8 heteroatoms. The van der Waals surface area contributed by atoms with E-state index in [0.29, 0.717) is 0 Å². The minimum atomic E-state index is 0.128. The van der Waals surface area contributed by atoms with Gasteiger partial charge in [0.05, 0.1) is 13.3 Å². The van der Waals surface area contributed by atoms with E-state index < -0.39 is 0 Å². The van der Waals surface area contributed by atoms with E-state index in [2.05, 4.69) is 110 Å². The second kappa shape index (κ2) is 10.9. The maximum absolute atomic E-state index is 4.71. The van der Waals surface area contributed by atoms with Crippen LogP contribution in [-0.4, -0.2) is 46.4 Å². The monoisotopic (exact) mass is 562 g/mol. The summed E-state index contributed by atoms with van der Waals surface area (Å²) in [5.74, 6) is 3.77. The molecule has 4 heterocycles. The van der Waals surface area contributed by atoms with Gasteiger partial charge in [0, 0.05) is 49.3 Å². The minimum Gasteiger partial charge on any atom is -0.335 e. The maximum atomic E-state index is 4.71. The third kappa shape index (κ3) is 5.50. The van der Waals surface area contributed by atoms with Crippen LogP contribution in [0, 0.1) is 0 Å². The summed E-state index contributed by atoms with van der Waals surface area (Å²) in [6.07, 6.45) is 9.24. The van der Waals surface area contributed by atoms with Crippen LogP contribution in [0.2, 0.25) is 0 Å². The summed E-state index contributed by atoms with van der Waals surface area (Å²) < 4.78 is 0. The molecule has 218 valence electrons. The van der Waals surface area contributed by atoms with Crippen molar-refractivity contribution in [2.45, 2.75) is 65.2 Å². The standard InChI is InChI=1S/C34H42N8/c1-33(2,3)25-9-13-27(14-10-25)41-23-39(29-31(41)37-19-17-35-29)21-7-8-22-40-24-42(32-30(40)36-18-20-38-32)28-15-11-26(12-16-28)34(4,5)6/h9-20H,7-8,21-24H2,1-6H3. The summed E-state index contributed by atoms with van der Waals surface area (Å²) >= 11 is 0. The van der Waals surface area contributed by atoms with Gasteiger partial charge in [-0.25, -0.2) is 19.9 Å². The topological polar surface area (TPSA) is 64.5 Å². The molecular weight excluding hydrogens is 520 g/mol. The van der Waals surface area contributed by atoms with Crippen molar-refractivity contribution in [3.8, 4) is 0 Å². The van der Waals surface area contributed by atoms with Crippen molar-refractivity contribution in [2.24, 2.45) is 0 Å². The molecule has 2 aromatic carbocycles. The molecule has 0 bridgehead atoms. The highest BCUT2D eigenvalue weighted by molar-refractivity contribution is 5.77. The quantitative estimate of drug-likeness (QED) is 0.220. The van der Waals surface area contributed by atoms with E-state index in [1.54, 1.807) is 24.8 Å². The molecule has 0 atom stereocenters. The number of anilines is 6. The third-order valence-electron chi connectivity index (χ3n) is 8.25. The number of rotatable bonds is 7. The number of aromatic nitrogens is 4. The predicted octanol–water partition coefficient (Wildman–Crippen LogP) is 7.17. The average Bonchev–Trinajstić information content (AvgIpc) is 3.53. The molecule has 0 aliphatic carbocycles. The summed E-state index contributed by atoms with van der Waals surface area (Å²) in [5.41, 5.74) is 5.21. The molecule has 2 aliphatic heterocycles. The van der Waals surface area contributed by atoms with Crippen LogP contribution in [0.5, 0.6) is 0 Å². The van der Waals surface area contributed by atoms with Crippen LogP contribution in [0.3, 0.4) is 0 Å². The van der Waals surface area contributed by atoms with Gasteiger partial charge < -0.3 is 19.6 Å². The van der Waals surface area contributed by atoms with E-state index in [-0.39, 0.29) is 10.8 Å². The fourth-order valence-electron chi connectivity index (χ4n) is 5.73. The molecule has 8 nitrogen and oxygen atoms in total. The van der Waals surface area contributed by atoms with Crippen molar-refractivity contribution >= 4 is 34.6 Å². The van der Waals surface area contributed by atoms with Gasteiger partial charge in [0.15, 0.2) is 23.3 Å². The first-order valence-electron chi connectivity index (χ1n) is 15.0. The van der Waals surface area contributed by atoms with Gasteiger partial charge in [-0.3, -0.25) is 0 Å². The van der Waals surface area contributed by atoms with Crippen molar-refractivity contribution < 1.29 is 0 Å². The van der Waals surface area contributed by atoms with Crippen LogP contribution in [0.15, 0.2) is 73.3 Å². The molecular formula is C34H42N8. The molecule has 42 heavy (non-hydrogen) atoms. The maximum Gasteiger partial charge on any atom is 0.178 e.